The van der Waals surface area contributed by atoms with Crippen LogP contribution in [0.2, 0.25) is 0 Å². The first kappa shape index (κ1) is 24.0. The van der Waals surface area contributed by atoms with E-state index < -0.39 is 17.7 Å². The molecule has 0 aliphatic rings. The first-order valence-electron chi connectivity index (χ1n) is 8.58. The predicted octanol–water partition coefficient (Wildman–Crippen LogP) is 2.43. The van der Waals surface area contributed by atoms with E-state index in [4.69, 9.17) is 9.84 Å². The highest BCUT2D eigenvalue weighted by Gasteiger charge is 2.20. The summed E-state index contributed by atoms with van der Waals surface area (Å²) in [5, 5.41) is 11.3. The molecule has 1 aromatic heterocycles. The zero-order chi connectivity index (χ0) is 21.2. The molecule has 2 amide bonds. The number of rotatable bonds is 10. The second-order valence-electron chi connectivity index (χ2n) is 6.77. The monoisotopic (exact) mass is 430 g/mol. The van der Waals surface area contributed by atoms with Gasteiger partial charge in [-0.05, 0) is 20.8 Å². The van der Waals surface area contributed by atoms with Gasteiger partial charge in [0.2, 0.25) is 0 Å². The van der Waals surface area contributed by atoms with Gasteiger partial charge in [0.25, 0.3) is 5.91 Å². The molecule has 0 unspecified atom stereocenters. The van der Waals surface area contributed by atoms with Crippen molar-refractivity contribution in [2.24, 2.45) is 0 Å². The molecule has 9 nitrogen and oxygen atoms in total. The van der Waals surface area contributed by atoms with Gasteiger partial charge >= 0.3 is 12.1 Å². The number of aliphatic carboxylic acids is 1. The molecule has 0 atom stereocenters. The normalized spacial score (nSPS) is 11.0. The zero-order valence-corrected chi connectivity index (χ0v) is 18.1. The number of carbonyl (C=O) groups excluding carboxylic acids is 2. The molecule has 0 saturated carbocycles. The first-order chi connectivity index (χ1) is 13.1. The van der Waals surface area contributed by atoms with Gasteiger partial charge in [0.1, 0.15) is 11.4 Å². The summed E-state index contributed by atoms with van der Waals surface area (Å²) in [6.45, 7) is 5.98. The quantitative estimate of drug-likeness (QED) is 0.425. The minimum Gasteiger partial charge on any atom is -0.481 e. The third-order valence-electron chi connectivity index (χ3n) is 3.00. The maximum Gasteiger partial charge on any atom is 0.410 e. The van der Waals surface area contributed by atoms with E-state index in [-0.39, 0.29) is 18.9 Å². The van der Waals surface area contributed by atoms with E-state index in [1.807, 2.05) is 0 Å². The van der Waals surface area contributed by atoms with Crippen molar-refractivity contribution >= 4 is 39.6 Å². The van der Waals surface area contributed by atoms with Gasteiger partial charge in [-0.1, -0.05) is 21.6 Å². The Kier molecular flexibility index (Phi) is 10.1. The van der Waals surface area contributed by atoms with Crippen LogP contribution < -0.4 is 5.32 Å². The molecule has 156 valence electrons. The molecule has 1 heterocycles. The van der Waals surface area contributed by atoms with Crippen LogP contribution in [0.25, 0.3) is 0 Å². The van der Waals surface area contributed by atoms with E-state index in [0.717, 1.165) is 0 Å². The Morgan fingerprint density at radius 3 is 2.36 bits per heavy atom. The SMILES string of the molecule is CN(Cc1ncc(C(=O)NCCSSCCC(=O)O)cn1)C(=O)OC(C)(C)C. The Morgan fingerprint density at radius 1 is 1.18 bits per heavy atom. The van der Waals surface area contributed by atoms with Crippen LogP contribution in [-0.4, -0.2) is 68.6 Å². The predicted molar refractivity (Wildman–Crippen MR) is 109 cm³/mol. The fourth-order valence-electron chi connectivity index (χ4n) is 1.73. The fourth-order valence-corrected chi connectivity index (χ4v) is 3.61. The molecular formula is C17H26N4O5S2. The fraction of sp³-hybridized carbons (Fsp3) is 0.588. The number of nitrogens with one attached hydrogen (secondary N) is 1. The highest BCUT2D eigenvalue weighted by Crippen LogP contribution is 2.20. The summed E-state index contributed by atoms with van der Waals surface area (Å²) in [6, 6.07) is 0. The lowest BCUT2D eigenvalue weighted by Gasteiger charge is -2.24. The van der Waals surface area contributed by atoms with E-state index >= 15 is 0 Å². The molecule has 1 aromatic rings. The number of amides is 2. The Labute approximate surface area is 172 Å². The van der Waals surface area contributed by atoms with Gasteiger partial charge in [0, 0.05) is 37.5 Å². The minimum absolute atomic E-state index is 0.122. The molecule has 28 heavy (non-hydrogen) atoms. The number of carboxylic acid groups (broad SMARTS) is 1. The highest BCUT2D eigenvalue weighted by atomic mass is 33.1. The van der Waals surface area contributed by atoms with Gasteiger partial charge in [-0.3, -0.25) is 9.59 Å². The maximum absolute atomic E-state index is 12.1. The highest BCUT2D eigenvalue weighted by molar-refractivity contribution is 8.76. The van der Waals surface area contributed by atoms with Crippen LogP contribution in [0.1, 0.15) is 43.4 Å². The number of ether oxygens (including phenoxy) is 1. The molecule has 1 rings (SSSR count). The van der Waals surface area contributed by atoms with E-state index in [1.54, 1.807) is 27.8 Å². The number of nitrogens with zero attached hydrogens (tertiary/aromatic N) is 3. The second kappa shape index (κ2) is 11.7. The molecular weight excluding hydrogens is 404 g/mol. The van der Waals surface area contributed by atoms with Crippen LogP contribution in [0.5, 0.6) is 0 Å². The van der Waals surface area contributed by atoms with Crippen molar-refractivity contribution < 1.29 is 24.2 Å². The van der Waals surface area contributed by atoms with E-state index in [0.29, 0.717) is 29.4 Å². The summed E-state index contributed by atoms with van der Waals surface area (Å²) in [7, 11) is 4.55. The average Bonchev–Trinajstić information content (AvgIpc) is 2.59. The molecule has 0 spiro atoms. The van der Waals surface area contributed by atoms with Gasteiger partial charge in [-0.2, -0.15) is 0 Å². The summed E-state index contributed by atoms with van der Waals surface area (Å²) < 4.78 is 5.26. The molecule has 0 aliphatic carbocycles. The topological polar surface area (TPSA) is 122 Å². The number of carboxylic acids is 1. The first-order valence-corrected chi connectivity index (χ1v) is 11.1. The van der Waals surface area contributed by atoms with Crippen molar-refractivity contribution in [1.82, 2.24) is 20.2 Å². The lowest BCUT2D eigenvalue weighted by atomic mass is 10.2. The largest absolute Gasteiger partial charge is 0.481 e. The number of hydrogen-bond donors (Lipinski definition) is 2. The Morgan fingerprint density at radius 2 is 1.79 bits per heavy atom. The minimum atomic E-state index is -0.817. The maximum atomic E-state index is 12.1. The Balaban J connectivity index is 2.36. The standard InChI is InChI=1S/C17H26N4O5S2/c1-17(2,3)26-16(25)21(4)11-13-19-9-12(10-20-13)15(24)18-6-8-28-27-7-5-14(22)23/h9-10H,5-8,11H2,1-4H3,(H,18,24)(H,22,23). The van der Waals surface area contributed by atoms with Crippen LogP contribution in [0, 0.1) is 0 Å². The average molecular weight is 431 g/mol. The molecule has 0 saturated heterocycles. The summed E-state index contributed by atoms with van der Waals surface area (Å²) in [5.74, 6) is 0.483. The van der Waals surface area contributed by atoms with Gasteiger partial charge in [0.05, 0.1) is 18.5 Å². The molecule has 0 aromatic carbocycles. The molecule has 0 bridgehead atoms. The summed E-state index contributed by atoms with van der Waals surface area (Å²) in [4.78, 5) is 44.0. The van der Waals surface area contributed by atoms with Crippen molar-refractivity contribution in [3.8, 4) is 0 Å². The Bertz CT molecular complexity index is 665. The van der Waals surface area contributed by atoms with E-state index in [9.17, 15) is 14.4 Å². The van der Waals surface area contributed by atoms with Crippen LogP contribution >= 0.6 is 21.6 Å². The Hall–Kier alpha value is -2.01. The third kappa shape index (κ3) is 10.4. The molecule has 0 aliphatic heterocycles. The van der Waals surface area contributed by atoms with Crippen LogP contribution in [-0.2, 0) is 16.1 Å². The molecule has 2 N–H and O–H groups in total. The second-order valence-corrected chi connectivity index (χ2v) is 9.47. The summed E-state index contributed by atoms with van der Waals surface area (Å²) in [5.41, 5.74) is -0.256. The number of hydrogen-bond acceptors (Lipinski definition) is 8. The van der Waals surface area contributed by atoms with Crippen molar-refractivity contribution in [1.29, 1.82) is 0 Å². The van der Waals surface area contributed by atoms with Crippen LogP contribution in [0.3, 0.4) is 0 Å². The van der Waals surface area contributed by atoms with E-state index in [1.165, 1.54) is 38.9 Å². The number of carbonyl (C=O) groups is 3. The van der Waals surface area contributed by atoms with Crippen LogP contribution in [0.4, 0.5) is 4.79 Å². The van der Waals surface area contributed by atoms with Gasteiger partial charge in [-0.15, -0.1) is 0 Å². The van der Waals surface area contributed by atoms with Crippen molar-refractivity contribution in [3.63, 3.8) is 0 Å². The smallest absolute Gasteiger partial charge is 0.410 e. The molecule has 0 radical (unpaired) electrons. The zero-order valence-electron chi connectivity index (χ0n) is 16.4. The lowest BCUT2D eigenvalue weighted by Crippen LogP contribution is -2.34. The lowest BCUT2D eigenvalue weighted by molar-refractivity contribution is -0.136. The van der Waals surface area contributed by atoms with Crippen molar-refractivity contribution in [2.45, 2.75) is 39.3 Å². The van der Waals surface area contributed by atoms with Crippen molar-refractivity contribution in [2.75, 3.05) is 25.1 Å². The van der Waals surface area contributed by atoms with Crippen molar-refractivity contribution in [3.05, 3.63) is 23.8 Å². The van der Waals surface area contributed by atoms with Gasteiger partial charge < -0.3 is 20.1 Å². The van der Waals surface area contributed by atoms with Gasteiger partial charge in [0.15, 0.2) is 0 Å². The number of aromatic nitrogens is 2. The van der Waals surface area contributed by atoms with Crippen LogP contribution in [0.15, 0.2) is 12.4 Å². The third-order valence-corrected chi connectivity index (χ3v) is 5.41. The summed E-state index contributed by atoms with van der Waals surface area (Å²) in [6.07, 6.45) is 2.47. The molecule has 11 heteroatoms. The summed E-state index contributed by atoms with van der Waals surface area (Å²) >= 11 is 0. The van der Waals surface area contributed by atoms with E-state index in [2.05, 4.69) is 15.3 Å². The molecule has 0 fully saturated rings. The van der Waals surface area contributed by atoms with Gasteiger partial charge in [-0.25, -0.2) is 14.8 Å².